The number of hydrogen-bond acceptors (Lipinski definition) is 5. The number of ether oxygens (including phenoxy) is 1. The maximum Gasteiger partial charge on any atom is 0.305 e. The van der Waals surface area contributed by atoms with Gasteiger partial charge in [-0.3, -0.25) is 9.59 Å². The van der Waals surface area contributed by atoms with Crippen LogP contribution >= 0.6 is 0 Å². The van der Waals surface area contributed by atoms with E-state index in [1.807, 2.05) is 37.3 Å². The summed E-state index contributed by atoms with van der Waals surface area (Å²) in [5.41, 5.74) is 2.86. The normalized spacial score (nSPS) is 10.7. The van der Waals surface area contributed by atoms with E-state index < -0.39 is 0 Å². The Balaban J connectivity index is 1.90. The number of amides is 1. The van der Waals surface area contributed by atoms with Gasteiger partial charge in [-0.15, -0.1) is 0 Å². The van der Waals surface area contributed by atoms with Gasteiger partial charge in [0.2, 0.25) is 0 Å². The molecule has 3 aromatic rings. The highest BCUT2D eigenvalue weighted by Gasteiger charge is 2.17. The Kier molecular flexibility index (Phi) is 5.80. The zero-order valence-electron chi connectivity index (χ0n) is 15.4. The molecule has 0 fully saturated rings. The minimum atomic E-state index is -0.286. The van der Waals surface area contributed by atoms with E-state index in [-0.39, 0.29) is 18.3 Å². The molecule has 0 aliphatic carbocycles. The summed E-state index contributed by atoms with van der Waals surface area (Å²) in [6, 6.07) is 11.5. The van der Waals surface area contributed by atoms with Crippen molar-refractivity contribution in [1.29, 1.82) is 0 Å². The summed E-state index contributed by atoms with van der Waals surface area (Å²) in [6.45, 7) is 3.03. The Morgan fingerprint density at radius 3 is 2.70 bits per heavy atom. The van der Waals surface area contributed by atoms with Gasteiger partial charge in [0.25, 0.3) is 5.91 Å². The Morgan fingerprint density at radius 2 is 2.00 bits per heavy atom. The molecule has 2 aromatic heterocycles. The molecule has 0 bridgehead atoms. The van der Waals surface area contributed by atoms with Crippen molar-refractivity contribution in [3.05, 3.63) is 48.2 Å². The van der Waals surface area contributed by atoms with E-state index in [1.54, 1.807) is 16.9 Å². The van der Waals surface area contributed by atoms with Gasteiger partial charge in [0.05, 0.1) is 30.0 Å². The minimum Gasteiger partial charge on any atom is -0.469 e. The van der Waals surface area contributed by atoms with E-state index in [1.165, 1.54) is 7.11 Å². The Labute approximate surface area is 157 Å². The number of benzene rings is 1. The number of fused-ring (bicyclic) bond motifs is 1. The summed E-state index contributed by atoms with van der Waals surface area (Å²) in [6.07, 6.45) is 2.46. The molecule has 27 heavy (non-hydrogen) atoms. The predicted octanol–water partition coefficient (Wildman–Crippen LogP) is 2.80. The average Bonchev–Trinajstić information content (AvgIpc) is 3.13. The van der Waals surface area contributed by atoms with Crippen LogP contribution in [0.1, 0.15) is 30.1 Å². The van der Waals surface area contributed by atoms with Crippen molar-refractivity contribution in [2.45, 2.75) is 26.3 Å². The molecule has 7 heteroatoms. The third-order valence-corrected chi connectivity index (χ3v) is 4.29. The summed E-state index contributed by atoms with van der Waals surface area (Å²) < 4.78 is 6.38. The van der Waals surface area contributed by atoms with Crippen LogP contribution in [0.25, 0.3) is 22.3 Å². The molecule has 3 rings (SSSR count). The number of hydrogen-bond donors (Lipinski definition) is 1. The van der Waals surface area contributed by atoms with Crippen LogP contribution in [0.5, 0.6) is 0 Å². The lowest BCUT2D eigenvalue weighted by Crippen LogP contribution is -2.25. The first-order valence-corrected chi connectivity index (χ1v) is 8.91. The van der Waals surface area contributed by atoms with Gasteiger partial charge in [-0.1, -0.05) is 30.3 Å². The van der Waals surface area contributed by atoms with E-state index in [4.69, 9.17) is 4.98 Å². The van der Waals surface area contributed by atoms with Gasteiger partial charge in [0.15, 0.2) is 5.65 Å². The molecule has 1 N–H and O–H groups in total. The van der Waals surface area contributed by atoms with E-state index >= 15 is 0 Å². The lowest BCUT2D eigenvalue weighted by molar-refractivity contribution is -0.140. The van der Waals surface area contributed by atoms with E-state index in [2.05, 4.69) is 15.2 Å². The standard InChI is InChI=1S/C20H22N4O3/c1-3-24-19-16(13-22-24)15(20(26)21-11-7-10-18(25)27-2)12-17(23-19)14-8-5-4-6-9-14/h4-6,8-9,12-13H,3,7,10-11H2,1-2H3,(H,21,26). The van der Waals surface area contributed by atoms with Gasteiger partial charge < -0.3 is 10.1 Å². The van der Waals surface area contributed by atoms with Crippen LogP contribution in [-0.4, -0.2) is 40.3 Å². The Hall–Kier alpha value is -3.22. The monoisotopic (exact) mass is 366 g/mol. The quantitative estimate of drug-likeness (QED) is 0.513. The fourth-order valence-electron chi connectivity index (χ4n) is 2.86. The van der Waals surface area contributed by atoms with Crippen LogP contribution in [0, 0.1) is 0 Å². The zero-order chi connectivity index (χ0) is 19.2. The van der Waals surface area contributed by atoms with Crippen LogP contribution in [-0.2, 0) is 16.1 Å². The van der Waals surface area contributed by atoms with Gasteiger partial charge in [-0.05, 0) is 19.4 Å². The fourth-order valence-corrected chi connectivity index (χ4v) is 2.86. The summed E-state index contributed by atoms with van der Waals surface area (Å²) in [5, 5.41) is 7.91. The van der Waals surface area contributed by atoms with Crippen molar-refractivity contribution >= 4 is 22.9 Å². The van der Waals surface area contributed by atoms with E-state index in [9.17, 15) is 9.59 Å². The lowest BCUT2D eigenvalue weighted by atomic mass is 10.1. The SMILES string of the molecule is CCn1ncc2c(C(=O)NCCCC(=O)OC)cc(-c3ccccc3)nc21. The largest absolute Gasteiger partial charge is 0.469 e. The maximum absolute atomic E-state index is 12.8. The number of rotatable bonds is 7. The number of carbonyl (C=O) groups is 2. The number of esters is 1. The lowest BCUT2D eigenvalue weighted by Gasteiger charge is -2.09. The molecule has 0 aliphatic heterocycles. The number of methoxy groups -OCH3 is 1. The van der Waals surface area contributed by atoms with Gasteiger partial charge >= 0.3 is 5.97 Å². The first-order valence-electron chi connectivity index (χ1n) is 8.91. The maximum atomic E-state index is 12.8. The topological polar surface area (TPSA) is 86.1 Å². The summed E-state index contributed by atoms with van der Waals surface area (Å²) >= 11 is 0. The van der Waals surface area contributed by atoms with Crippen LogP contribution in [0.3, 0.4) is 0 Å². The summed E-state index contributed by atoms with van der Waals surface area (Å²) in [4.78, 5) is 28.7. The van der Waals surface area contributed by atoms with Crippen LogP contribution in [0.15, 0.2) is 42.6 Å². The van der Waals surface area contributed by atoms with Crippen LogP contribution in [0.4, 0.5) is 0 Å². The number of nitrogens with one attached hydrogen (secondary N) is 1. The molecule has 0 unspecified atom stereocenters. The predicted molar refractivity (Wildman–Crippen MR) is 102 cm³/mol. The average molecular weight is 366 g/mol. The number of pyridine rings is 1. The molecule has 0 spiro atoms. The molecule has 0 saturated carbocycles. The first-order chi connectivity index (χ1) is 13.1. The van der Waals surface area contributed by atoms with Crippen molar-refractivity contribution in [2.24, 2.45) is 0 Å². The van der Waals surface area contributed by atoms with Gasteiger partial charge in [-0.25, -0.2) is 9.67 Å². The second kappa shape index (κ2) is 8.44. The van der Waals surface area contributed by atoms with Crippen molar-refractivity contribution in [3.63, 3.8) is 0 Å². The Morgan fingerprint density at radius 1 is 1.22 bits per heavy atom. The second-order valence-corrected chi connectivity index (χ2v) is 6.05. The van der Waals surface area contributed by atoms with Crippen molar-refractivity contribution in [3.8, 4) is 11.3 Å². The Bertz CT molecular complexity index is 951. The van der Waals surface area contributed by atoms with Gasteiger partial charge in [0.1, 0.15) is 0 Å². The van der Waals surface area contributed by atoms with Crippen LogP contribution in [0.2, 0.25) is 0 Å². The fraction of sp³-hybridized carbons (Fsp3) is 0.300. The molecular formula is C20H22N4O3. The molecule has 0 radical (unpaired) electrons. The third kappa shape index (κ3) is 4.13. The van der Waals surface area contributed by atoms with Crippen molar-refractivity contribution < 1.29 is 14.3 Å². The number of carbonyl (C=O) groups excluding carboxylic acids is 2. The zero-order valence-corrected chi connectivity index (χ0v) is 15.4. The molecule has 0 saturated heterocycles. The molecule has 0 aliphatic rings. The third-order valence-electron chi connectivity index (χ3n) is 4.29. The molecule has 1 aromatic carbocycles. The van der Waals surface area contributed by atoms with Gasteiger partial charge in [-0.2, -0.15) is 5.10 Å². The smallest absolute Gasteiger partial charge is 0.305 e. The molecule has 1 amide bonds. The highest BCUT2D eigenvalue weighted by molar-refractivity contribution is 6.06. The molecule has 7 nitrogen and oxygen atoms in total. The highest BCUT2D eigenvalue weighted by atomic mass is 16.5. The summed E-state index contributed by atoms with van der Waals surface area (Å²) in [5.74, 6) is -0.494. The van der Waals surface area contributed by atoms with Crippen molar-refractivity contribution in [1.82, 2.24) is 20.1 Å². The molecular weight excluding hydrogens is 344 g/mol. The summed E-state index contributed by atoms with van der Waals surface area (Å²) in [7, 11) is 1.35. The number of aromatic nitrogens is 3. The van der Waals surface area contributed by atoms with Crippen LogP contribution < -0.4 is 5.32 Å². The molecule has 0 atom stereocenters. The number of nitrogens with zero attached hydrogens (tertiary/aromatic N) is 3. The molecule has 140 valence electrons. The minimum absolute atomic E-state index is 0.208. The van der Waals surface area contributed by atoms with E-state index in [0.29, 0.717) is 36.1 Å². The van der Waals surface area contributed by atoms with E-state index in [0.717, 1.165) is 11.3 Å². The highest BCUT2D eigenvalue weighted by Crippen LogP contribution is 2.24. The first kappa shape index (κ1) is 18.6. The second-order valence-electron chi connectivity index (χ2n) is 6.05. The van der Waals surface area contributed by atoms with Gasteiger partial charge in [0, 0.05) is 25.1 Å². The van der Waals surface area contributed by atoms with Crippen molar-refractivity contribution in [2.75, 3.05) is 13.7 Å². The molecule has 2 heterocycles. The number of aryl methyl sites for hydroxylation is 1.